The molecule has 7 nitrogen and oxygen atoms in total. The fourth-order valence-corrected chi connectivity index (χ4v) is 2.75. The molecule has 0 amide bonds. The van der Waals surface area contributed by atoms with Gasteiger partial charge in [0.1, 0.15) is 0 Å². The minimum absolute atomic E-state index is 0.236. The lowest BCUT2D eigenvalue weighted by Gasteiger charge is -2.11. The molecule has 2 aromatic carbocycles. The Bertz CT molecular complexity index is 862. The van der Waals surface area contributed by atoms with Gasteiger partial charge in [-0.25, -0.2) is 13.4 Å². The maximum atomic E-state index is 11.4. The van der Waals surface area contributed by atoms with Crippen LogP contribution in [0.25, 0.3) is 0 Å². The van der Waals surface area contributed by atoms with E-state index in [1.807, 2.05) is 0 Å². The molecule has 0 bridgehead atoms. The second-order valence-corrected chi connectivity index (χ2v) is 7.33. The predicted octanol–water partition coefficient (Wildman–Crippen LogP) is 2.03. The first-order chi connectivity index (χ1) is 11.8. The summed E-state index contributed by atoms with van der Waals surface area (Å²) in [6.07, 6.45) is 1.17. The fourth-order valence-electron chi connectivity index (χ4n) is 2.12. The van der Waals surface area contributed by atoms with E-state index in [1.54, 1.807) is 56.7 Å². The number of hydrogen-bond acceptors (Lipinski definition) is 5. The van der Waals surface area contributed by atoms with Crippen LogP contribution in [0, 0.1) is 0 Å². The summed E-state index contributed by atoms with van der Waals surface area (Å²) in [5.41, 5.74) is 7.45. The van der Waals surface area contributed by atoms with E-state index in [1.165, 1.54) is 6.26 Å². The molecule has 8 heteroatoms. The number of benzene rings is 2. The maximum Gasteiger partial charge on any atom is 0.193 e. The standard InChI is InChI=1S/C17H21N3O4S/c1-23-15-9-6-13(10-16(15)24-2)20-17(18)19-11-12-4-7-14(8-5-12)25(3,21)22/h4-10H,11H2,1-3H3,(H3,18,19,20). The molecule has 0 saturated heterocycles. The maximum absolute atomic E-state index is 11.4. The van der Waals surface area contributed by atoms with Crippen molar-refractivity contribution in [3.8, 4) is 11.5 Å². The smallest absolute Gasteiger partial charge is 0.193 e. The Kier molecular flexibility index (Phi) is 5.87. The number of methoxy groups -OCH3 is 2. The number of anilines is 1. The van der Waals surface area contributed by atoms with Crippen molar-refractivity contribution in [2.45, 2.75) is 11.4 Å². The Morgan fingerprint density at radius 3 is 2.28 bits per heavy atom. The van der Waals surface area contributed by atoms with Gasteiger partial charge in [-0.3, -0.25) is 0 Å². The first kappa shape index (κ1) is 18.6. The number of aliphatic imine (C=N–C) groups is 1. The van der Waals surface area contributed by atoms with Crippen molar-refractivity contribution in [3.63, 3.8) is 0 Å². The van der Waals surface area contributed by atoms with Crippen molar-refractivity contribution < 1.29 is 17.9 Å². The third-order valence-electron chi connectivity index (χ3n) is 3.44. The first-order valence-corrected chi connectivity index (χ1v) is 9.30. The second kappa shape index (κ2) is 7.89. The van der Waals surface area contributed by atoms with E-state index in [-0.39, 0.29) is 10.9 Å². The number of ether oxygens (including phenoxy) is 2. The number of sulfone groups is 1. The van der Waals surface area contributed by atoms with E-state index < -0.39 is 9.84 Å². The number of nitrogens with one attached hydrogen (secondary N) is 1. The van der Waals surface area contributed by atoms with Gasteiger partial charge < -0.3 is 20.5 Å². The summed E-state index contributed by atoms with van der Waals surface area (Å²) >= 11 is 0. The zero-order valence-electron chi connectivity index (χ0n) is 14.3. The molecule has 2 rings (SSSR count). The van der Waals surface area contributed by atoms with Gasteiger partial charge in [0.05, 0.1) is 25.7 Å². The molecule has 2 aromatic rings. The summed E-state index contributed by atoms with van der Waals surface area (Å²) < 4.78 is 33.3. The van der Waals surface area contributed by atoms with Crippen LogP contribution in [0.2, 0.25) is 0 Å². The van der Waals surface area contributed by atoms with E-state index in [4.69, 9.17) is 15.2 Å². The highest BCUT2D eigenvalue weighted by Gasteiger charge is 2.07. The molecule has 0 heterocycles. The van der Waals surface area contributed by atoms with Crippen LogP contribution in [0.15, 0.2) is 52.4 Å². The van der Waals surface area contributed by atoms with Gasteiger partial charge in [0.25, 0.3) is 0 Å². The van der Waals surface area contributed by atoms with E-state index in [0.29, 0.717) is 23.7 Å². The van der Waals surface area contributed by atoms with Gasteiger partial charge in [0.15, 0.2) is 27.3 Å². The zero-order valence-corrected chi connectivity index (χ0v) is 15.1. The highest BCUT2D eigenvalue weighted by Crippen LogP contribution is 2.29. The fraction of sp³-hybridized carbons (Fsp3) is 0.235. The lowest BCUT2D eigenvalue weighted by molar-refractivity contribution is 0.355. The third kappa shape index (κ3) is 5.12. The number of nitrogens with two attached hydrogens (primary N) is 1. The Hall–Kier alpha value is -2.74. The van der Waals surface area contributed by atoms with Gasteiger partial charge in [-0.2, -0.15) is 0 Å². The van der Waals surface area contributed by atoms with Crippen LogP contribution >= 0.6 is 0 Å². The van der Waals surface area contributed by atoms with Crippen molar-refractivity contribution in [1.82, 2.24) is 0 Å². The highest BCUT2D eigenvalue weighted by atomic mass is 32.2. The van der Waals surface area contributed by atoms with E-state index in [9.17, 15) is 8.42 Å². The van der Waals surface area contributed by atoms with E-state index >= 15 is 0 Å². The van der Waals surface area contributed by atoms with Crippen LogP contribution in [0.3, 0.4) is 0 Å². The summed E-state index contributed by atoms with van der Waals surface area (Å²) in [6.45, 7) is 0.330. The van der Waals surface area contributed by atoms with Crippen molar-refractivity contribution in [2.75, 3.05) is 25.8 Å². The molecule has 134 valence electrons. The molecular formula is C17H21N3O4S. The summed E-state index contributed by atoms with van der Waals surface area (Å²) in [5.74, 6) is 1.44. The molecule has 0 saturated carbocycles. The van der Waals surface area contributed by atoms with Gasteiger partial charge in [-0.15, -0.1) is 0 Å². The van der Waals surface area contributed by atoms with Crippen LogP contribution < -0.4 is 20.5 Å². The largest absolute Gasteiger partial charge is 0.493 e. The summed E-state index contributed by atoms with van der Waals surface area (Å²) in [4.78, 5) is 4.52. The molecular weight excluding hydrogens is 342 g/mol. The molecule has 0 aromatic heterocycles. The monoisotopic (exact) mass is 363 g/mol. The van der Waals surface area contributed by atoms with Crippen LogP contribution in [0.1, 0.15) is 5.56 Å². The molecule has 0 fully saturated rings. The minimum Gasteiger partial charge on any atom is -0.493 e. The number of nitrogens with zero attached hydrogens (tertiary/aromatic N) is 1. The lowest BCUT2D eigenvalue weighted by Crippen LogP contribution is -2.22. The molecule has 3 N–H and O–H groups in total. The minimum atomic E-state index is -3.20. The Balaban J connectivity index is 2.04. The molecule has 0 aliphatic heterocycles. The lowest BCUT2D eigenvalue weighted by atomic mass is 10.2. The Morgan fingerprint density at radius 2 is 1.72 bits per heavy atom. The van der Waals surface area contributed by atoms with Crippen molar-refractivity contribution in [2.24, 2.45) is 10.7 Å². The van der Waals surface area contributed by atoms with Gasteiger partial charge in [0.2, 0.25) is 0 Å². The quantitative estimate of drug-likeness (QED) is 0.601. The van der Waals surface area contributed by atoms with Crippen LogP contribution in [-0.4, -0.2) is 34.9 Å². The number of guanidine groups is 1. The van der Waals surface area contributed by atoms with Gasteiger partial charge in [-0.1, -0.05) is 12.1 Å². The first-order valence-electron chi connectivity index (χ1n) is 7.41. The molecule has 0 spiro atoms. The van der Waals surface area contributed by atoms with Gasteiger partial charge in [-0.05, 0) is 29.8 Å². The van der Waals surface area contributed by atoms with Crippen molar-refractivity contribution >= 4 is 21.5 Å². The van der Waals surface area contributed by atoms with Gasteiger partial charge in [0, 0.05) is 18.0 Å². The van der Waals surface area contributed by atoms with Crippen molar-refractivity contribution in [3.05, 3.63) is 48.0 Å². The molecule has 0 atom stereocenters. The van der Waals surface area contributed by atoms with Crippen LogP contribution in [0.5, 0.6) is 11.5 Å². The zero-order chi connectivity index (χ0) is 18.4. The number of hydrogen-bond donors (Lipinski definition) is 2. The topological polar surface area (TPSA) is 103 Å². The predicted molar refractivity (Wildman–Crippen MR) is 98.0 cm³/mol. The normalized spacial score (nSPS) is 11.9. The average Bonchev–Trinajstić information content (AvgIpc) is 2.59. The average molecular weight is 363 g/mol. The van der Waals surface area contributed by atoms with Crippen LogP contribution in [0.4, 0.5) is 5.69 Å². The molecule has 0 aliphatic carbocycles. The summed E-state index contributed by atoms with van der Waals surface area (Å²) in [7, 11) is -0.0788. The van der Waals surface area contributed by atoms with E-state index in [2.05, 4.69) is 10.3 Å². The van der Waals surface area contributed by atoms with Gasteiger partial charge >= 0.3 is 0 Å². The molecule has 0 radical (unpaired) electrons. The van der Waals surface area contributed by atoms with E-state index in [0.717, 1.165) is 5.56 Å². The SMILES string of the molecule is COc1ccc(NC(N)=NCc2ccc(S(C)(=O)=O)cc2)cc1OC. The number of rotatable bonds is 6. The second-order valence-electron chi connectivity index (χ2n) is 5.31. The van der Waals surface area contributed by atoms with Crippen molar-refractivity contribution in [1.29, 1.82) is 0 Å². The summed E-state index contributed by atoms with van der Waals surface area (Å²) in [5, 5.41) is 2.97. The molecule has 25 heavy (non-hydrogen) atoms. The summed E-state index contributed by atoms with van der Waals surface area (Å²) in [6, 6.07) is 11.8. The highest BCUT2D eigenvalue weighted by molar-refractivity contribution is 7.90. The molecule has 0 aliphatic rings. The Morgan fingerprint density at radius 1 is 1.08 bits per heavy atom. The molecule has 0 unspecified atom stereocenters. The third-order valence-corrected chi connectivity index (χ3v) is 4.57. The Labute approximate surface area is 147 Å². The van der Waals surface area contributed by atoms with Crippen LogP contribution in [-0.2, 0) is 16.4 Å².